The van der Waals surface area contributed by atoms with Crippen LogP contribution in [0.15, 0.2) is 60.0 Å². The predicted octanol–water partition coefficient (Wildman–Crippen LogP) is 5.32. The molecule has 0 fully saturated rings. The van der Waals surface area contributed by atoms with Crippen LogP contribution in [-0.4, -0.2) is 16.1 Å². The van der Waals surface area contributed by atoms with Crippen LogP contribution in [0.1, 0.15) is 28.0 Å². The second-order valence-corrected chi connectivity index (χ2v) is 7.01. The fourth-order valence-corrected chi connectivity index (χ4v) is 4.15. The standard InChI is InChI=1S/C21H17NO2S/c23-21(24)15-9-10-16-19(13-15)22-18(17-11-12-25-20(16)17)8-4-7-14-5-2-1-3-6-14/h1-3,5-6,9-13H,4,7-8H2,(H,23,24). The second-order valence-electron chi connectivity index (χ2n) is 6.10. The van der Waals surface area contributed by atoms with E-state index in [-0.39, 0.29) is 5.56 Å². The highest BCUT2D eigenvalue weighted by Crippen LogP contribution is 2.32. The number of carbonyl (C=O) groups is 1. The third-order valence-corrected chi connectivity index (χ3v) is 5.39. The van der Waals surface area contributed by atoms with Crippen LogP contribution in [0.4, 0.5) is 0 Å². The van der Waals surface area contributed by atoms with Crippen molar-refractivity contribution in [2.75, 3.05) is 0 Å². The number of pyridine rings is 1. The highest BCUT2D eigenvalue weighted by Gasteiger charge is 2.12. The van der Waals surface area contributed by atoms with Gasteiger partial charge >= 0.3 is 5.97 Å². The zero-order chi connectivity index (χ0) is 17.2. The third-order valence-electron chi connectivity index (χ3n) is 4.44. The van der Waals surface area contributed by atoms with Crippen molar-refractivity contribution >= 4 is 38.3 Å². The first-order chi connectivity index (χ1) is 12.2. The summed E-state index contributed by atoms with van der Waals surface area (Å²) in [5, 5.41) is 13.5. The number of aromatic carboxylic acids is 1. The van der Waals surface area contributed by atoms with Gasteiger partial charge in [0.15, 0.2) is 0 Å². The molecule has 124 valence electrons. The molecule has 2 heterocycles. The second kappa shape index (κ2) is 6.65. The molecule has 0 saturated carbocycles. The number of nitrogens with zero attached hydrogens (tertiary/aromatic N) is 1. The summed E-state index contributed by atoms with van der Waals surface area (Å²) in [5.74, 6) is -0.916. The molecule has 0 bridgehead atoms. The molecule has 1 N–H and O–H groups in total. The minimum absolute atomic E-state index is 0.283. The lowest BCUT2D eigenvalue weighted by molar-refractivity contribution is 0.0697. The Hall–Kier alpha value is -2.72. The van der Waals surface area contributed by atoms with Crippen molar-refractivity contribution in [1.82, 2.24) is 4.98 Å². The summed E-state index contributed by atoms with van der Waals surface area (Å²) >= 11 is 1.69. The van der Waals surface area contributed by atoms with Gasteiger partial charge in [-0.2, -0.15) is 0 Å². The Morgan fingerprint density at radius 3 is 2.64 bits per heavy atom. The van der Waals surface area contributed by atoms with E-state index in [4.69, 9.17) is 4.98 Å². The molecule has 0 spiro atoms. The van der Waals surface area contributed by atoms with Gasteiger partial charge < -0.3 is 5.11 Å². The van der Waals surface area contributed by atoms with Crippen LogP contribution < -0.4 is 0 Å². The Morgan fingerprint density at radius 1 is 1.00 bits per heavy atom. The Labute approximate surface area is 149 Å². The molecule has 0 aliphatic heterocycles. The van der Waals surface area contributed by atoms with Gasteiger partial charge in [-0.1, -0.05) is 36.4 Å². The number of thiophene rings is 1. The smallest absolute Gasteiger partial charge is 0.335 e. The molecule has 0 saturated heterocycles. The maximum absolute atomic E-state index is 11.2. The number of aromatic nitrogens is 1. The van der Waals surface area contributed by atoms with E-state index in [9.17, 15) is 9.90 Å². The van der Waals surface area contributed by atoms with E-state index in [0.29, 0.717) is 0 Å². The summed E-state index contributed by atoms with van der Waals surface area (Å²) in [4.78, 5) is 16.0. The van der Waals surface area contributed by atoms with Crippen LogP contribution in [0.25, 0.3) is 21.0 Å². The molecule has 0 aliphatic carbocycles. The maximum Gasteiger partial charge on any atom is 0.335 e. The van der Waals surface area contributed by atoms with Gasteiger partial charge in [0.1, 0.15) is 0 Å². The highest BCUT2D eigenvalue weighted by atomic mass is 32.1. The first kappa shape index (κ1) is 15.8. The van der Waals surface area contributed by atoms with E-state index in [1.165, 1.54) is 15.6 Å². The zero-order valence-electron chi connectivity index (χ0n) is 13.6. The van der Waals surface area contributed by atoms with Gasteiger partial charge in [-0.15, -0.1) is 11.3 Å². The van der Waals surface area contributed by atoms with Crippen molar-refractivity contribution < 1.29 is 9.90 Å². The van der Waals surface area contributed by atoms with E-state index in [1.54, 1.807) is 23.5 Å². The minimum atomic E-state index is -0.916. The van der Waals surface area contributed by atoms with Gasteiger partial charge in [0, 0.05) is 21.2 Å². The van der Waals surface area contributed by atoms with Gasteiger partial charge in [0.25, 0.3) is 0 Å². The highest BCUT2D eigenvalue weighted by molar-refractivity contribution is 7.18. The quantitative estimate of drug-likeness (QED) is 0.531. The Kier molecular flexibility index (Phi) is 4.20. The molecular weight excluding hydrogens is 330 g/mol. The molecule has 0 radical (unpaired) electrons. The van der Waals surface area contributed by atoms with E-state index in [0.717, 1.165) is 35.9 Å². The summed E-state index contributed by atoms with van der Waals surface area (Å²) in [6, 6.07) is 17.8. The fourth-order valence-electron chi connectivity index (χ4n) is 3.20. The molecule has 4 aromatic rings. The molecule has 0 unspecified atom stereocenters. The van der Waals surface area contributed by atoms with Gasteiger partial charge in [-0.05, 0) is 48.4 Å². The van der Waals surface area contributed by atoms with Crippen LogP contribution in [0.3, 0.4) is 0 Å². The first-order valence-corrected chi connectivity index (χ1v) is 9.17. The number of benzene rings is 2. The van der Waals surface area contributed by atoms with Gasteiger partial charge in [-0.25, -0.2) is 4.79 Å². The topological polar surface area (TPSA) is 50.2 Å². The Bertz CT molecular complexity index is 1050. The third kappa shape index (κ3) is 3.13. The zero-order valence-corrected chi connectivity index (χ0v) is 14.4. The Balaban J connectivity index is 1.68. The number of hydrogen-bond acceptors (Lipinski definition) is 3. The van der Waals surface area contributed by atoms with E-state index in [1.807, 2.05) is 12.1 Å². The van der Waals surface area contributed by atoms with Crippen molar-refractivity contribution in [1.29, 1.82) is 0 Å². The summed E-state index contributed by atoms with van der Waals surface area (Å²) in [6.45, 7) is 0. The molecular formula is C21H17NO2S. The summed E-state index contributed by atoms with van der Waals surface area (Å²) in [5.41, 5.74) is 3.44. The normalized spacial score (nSPS) is 11.2. The first-order valence-electron chi connectivity index (χ1n) is 8.29. The lowest BCUT2D eigenvalue weighted by Crippen LogP contribution is -1.98. The molecule has 0 atom stereocenters. The predicted molar refractivity (Wildman–Crippen MR) is 103 cm³/mol. The number of carboxylic acid groups (broad SMARTS) is 1. The van der Waals surface area contributed by atoms with Crippen molar-refractivity contribution in [3.8, 4) is 0 Å². The lowest BCUT2D eigenvalue weighted by Gasteiger charge is -2.07. The molecule has 25 heavy (non-hydrogen) atoms. The van der Waals surface area contributed by atoms with Gasteiger partial charge in [-0.3, -0.25) is 4.98 Å². The van der Waals surface area contributed by atoms with Crippen molar-refractivity contribution in [2.45, 2.75) is 19.3 Å². The van der Waals surface area contributed by atoms with E-state index >= 15 is 0 Å². The molecule has 3 nitrogen and oxygen atoms in total. The summed E-state index contributed by atoms with van der Waals surface area (Å²) in [6.07, 6.45) is 2.92. The van der Waals surface area contributed by atoms with E-state index < -0.39 is 5.97 Å². The molecule has 4 rings (SSSR count). The summed E-state index contributed by atoms with van der Waals surface area (Å²) in [7, 11) is 0. The number of aryl methyl sites for hydroxylation is 2. The average Bonchev–Trinajstić information content (AvgIpc) is 3.12. The van der Waals surface area contributed by atoms with Crippen LogP contribution in [0.2, 0.25) is 0 Å². The van der Waals surface area contributed by atoms with Crippen LogP contribution in [0, 0.1) is 0 Å². The number of rotatable bonds is 5. The van der Waals surface area contributed by atoms with Gasteiger partial charge in [0.05, 0.1) is 11.1 Å². The van der Waals surface area contributed by atoms with Crippen molar-refractivity contribution in [3.05, 3.63) is 76.8 Å². The van der Waals surface area contributed by atoms with Crippen LogP contribution in [-0.2, 0) is 12.8 Å². The van der Waals surface area contributed by atoms with E-state index in [2.05, 4.69) is 35.7 Å². The lowest BCUT2D eigenvalue weighted by atomic mass is 10.0. The molecule has 0 aliphatic rings. The number of carboxylic acids is 1. The molecule has 4 heteroatoms. The fraction of sp³-hybridized carbons (Fsp3) is 0.143. The SMILES string of the molecule is O=C(O)c1ccc2c(c1)nc(CCCc1ccccc1)c1ccsc12. The van der Waals surface area contributed by atoms with Gasteiger partial charge in [0.2, 0.25) is 0 Å². The van der Waals surface area contributed by atoms with Crippen LogP contribution in [0.5, 0.6) is 0 Å². The monoisotopic (exact) mass is 347 g/mol. The number of hydrogen-bond donors (Lipinski definition) is 1. The molecule has 2 aromatic heterocycles. The average molecular weight is 347 g/mol. The number of fused-ring (bicyclic) bond motifs is 3. The minimum Gasteiger partial charge on any atom is -0.478 e. The van der Waals surface area contributed by atoms with Crippen molar-refractivity contribution in [2.24, 2.45) is 0 Å². The van der Waals surface area contributed by atoms with Crippen LogP contribution >= 0.6 is 11.3 Å². The maximum atomic E-state index is 11.2. The Morgan fingerprint density at radius 2 is 1.84 bits per heavy atom. The largest absolute Gasteiger partial charge is 0.478 e. The molecule has 2 aromatic carbocycles. The van der Waals surface area contributed by atoms with Crippen molar-refractivity contribution in [3.63, 3.8) is 0 Å². The molecule has 0 amide bonds. The summed E-state index contributed by atoms with van der Waals surface area (Å²) < 4.78 is 1.19.